The number of fused-ring (bicyclic) bond motifs is 2. The molecule has 2 saturated heterocycles. The van der Waals surface area contributed by atoms with Crippen molar-refractivity contribution in [1.29, 1.82) is 16.2 Å². The van der Waals surface area contributed by atoms with E-state index in [2.05, 4.69) is 96.5 Å². The van der Waals surface area contributed by atoms with Gasteiger partial charge in [-0.3, -0.25) is 40.2 Å². The Morgan fingerprint density at radius 3 is 1.39 bits per heavy atom. The number of imidazole rings is 1. The number of hydrogen-bond acceptors (Lipinski definition) is 28. The van der Waals surface area contributed by atoms with Crippen molar-refractivity contribution in [3.63, 3.8) is 0 Å². The normalized spacial score (nSPS) is 24.4. The zero-order chi connectivity index (χ0) is 101. The van der Waals surface area contributed by atoms with Gasteiger partial charge in [0.15, 0.2) is 23.9 Å². The Labute approximate surface area is 801 Å². The van der Waals surface area contributed by atoms with E-state index in [1.54, 1.807) is 34.0 Å². The van der Waals surface area contributed by atoms with Crippen LogP contribution in [-0.4, -0.2) is 388 Å². The maximum Gasteiger partial charge on any atom is 0.322 e. The van der Waals surface area contributed by atoms with E-state index in [1.165, 1.54) is 58.4 Å². The Balaban J connectivity index is 1.85. The fourth-order valence-electron chi connectivity index (χ4n) is 14.4. The molecule has 52 heteroatoms. The molecule has 2 aromatic rings. The van der Waals surface area contributed by atoms with Gasteiger partial charge < -0.3 is 147 Å². The zero-order valence-electron chi connectivity index (χ0n) is 77.5. The summed E-state index contributed by atoms with van der Waals surface area (Å²) in [7, 11) is 1.83. The van der Waals surface area contributed by atoms with Crippen LogP contribution in [0.25, 0.3) is 0 Å². The Kier molecular flexibility index (Phi) is 50.9. The lowest BCUT2D eigenvalue weighted by Crippen LogP contribution is -2.53. The van der Waals surface area contributed by atoms with Crippen LogP contribution in [0, 0.1) is 28.1 Å². The zero-order valence-corrected chi connectivity index (χ0v) is 79.9. The van der Waals surface area contributed by atoms with Gasteiger partial charge in [0.1, 0.15) is 96.9 Å². The Morgan fingerprint density at radius 2 is 0.934 bits per heavy atom. The number of benzene rings is 1. The van der Waals surface area contributed by atoms with Gasteiger partial charge in [0.05, 0.1) is 12.9 Å². The predicted molar refractivity (Wildman–Crippen MR) is 531 cm³/mol. The highest BCUT2D eigenvalue weighted by molar-refractivity contribution is 8.76. The van der Waals surface area contributed by atoms with Crippen LogP contribution in [0.15, 0.2) is 96.7 Å². The van der Waals surface area contributed by atoms with Crippen LogP contribution in [0.5, 0.6) is 5.75 Å². The van der Waals surface area contributed by atoms with E-state index in [1.807, 2.05) is 0 Å². The molecule has 34 N–H and O–H groups in total. The molecule has 0 aliphatic carbocycles. The maximum atomic E-state index is 15.4. The lowest BCUT2D eigenvalue weighted by molar-refractivity contribution is -0.144. The summed E-state index contributed by atoms with van der Waals surface area (Å²) in [6.45, 7) is 6.35. The number of thioether (sulfide) groups is 1. The molecule has 1 aromatic carbocycles. The molecule has 1 aromatic heterocycles. The summed E-state index contributed by atoms with van der Waals surface area (Å²) < 4.78 is 0. The quantitative estimate of drug-likeness (QED) is 0.0203. The summed E-state index contributed by atoms with van der Waals surface area (Å²) in [5.74, 6) is -16.9. The number of amides is 4. The number of nitrogens with zero attached hydrogens (tertiary/aromatic N) is 15. The molecule has 758 valence electrons. The highest BCUT2D eigenvalue weighted by Crippen LogP contribution is 2.30. The van der Waals surface area contributed by atoms with E-state index >= 15 is 9.59 Å². The summed E-state index contributed by atoms with van der Waals surface area (Å²) in [5.41, 5.74) is 29.5. The number of aliphatic carboxylic acids is 1. The van der Waals surface area contributed by atoms with Crippen LogP contribution in [0.1, 0.15) is 161 Å². The number of guanidine groups is 3. The number of rotatable bonds is 35. The van der Waals surface area contributed by atoms with Crippen molar-refractivity contribution in [1.82, 2.24) is 46.4 Å². The number of aliphatic hydroxyl groups is 13. The molecular weight excluding hydrogens is 1830 g/mol. The number of phenolic OH excluding ortho intramolecular Hbond substituents is 1. The van der Waals surface area contributed by atoms with Crippen LogP contribution in [0.4, 0.5) is 0 Å². The number of nitrogens with two attached hydrogens (primary N) is 5. The van der Waals surface area contributed by atoms with Gasteiger partial charge in [-0.2, -0.15) is 11.8 Å². The number of carboxylic acids is 1. The fraction of sp³-hybridized carbons (Fsp3) is 0.655. The van der Waals surface area contributed by atoms with Gasteiger partial charge in [0.25, 0.3) is 0 Å². The summed E-state index contributed by atoms with van der Waals surface area (Å²) in [6, 6.07) is -16.7. The number of H-pyrrole nitrogens is 1. The molecule has 49 nitrogen and oxygen atoms in total. The number of nitrogens with one attached hydrogen (secondary N) is 9. The number of aromatic nitrogens is 2. The molecule has 2 fully saturated rings. The lowest BCUT2D eigenvalue weighted by Gasteiger charge is -2.32. The number of aliphatic hydroxyl groups excluding tert-OH is 13. The molecule has 0 bridgehead atoms. The number of unbranched alkanes of at least 4 members (excludes halogenated alkanes) is 2. The smallest absolute Gasteiger partial charge is 0.322 e. The molecule has 0 unspecified atom stereocenters. The van der Waals surface area contributed by atoms with Gasteiger partial charge >= 0.3 is 5.97 Å². The van der Waals surface area contributed by atoms with Crippen molar-refractivity contribution in [3.05, 3.63) is 48.0 Å². The van der Waals surface area contributed by atoms with Crippen LogP contribution in [0.3, 0.4) is 0 Å². The molecule has 3 aliphatic rings. The first-order chi connectivity index (χ1) is 64.7. The largest absolute Gasteiger partial charge is 0.508 e. The molecular formula is C84H139N29O20S3. The minimum absolute atomic E-state index is 0.000312. The van der Waals surface area contributed by atoms with E-state index < -0.39 is 228 Å². The van der Waals surface area contributed by atoms with Gasteiger partial charge in [0, 0.05) is 75.9 Å². The number of aromatic amines is 1. The first kappa shape index (κ1) is 114. The first-order valence-electron chi connectivity index (χ1n) is 45.0. The third-order valence-corrected chi connectivity index (χ3v) is 24.5. The standard InChI is InChI=1S/C84H139N29O20S3/c1-45(2)36-57-74(126)110-61(67(119)97-40-65(117)118)42-135-136-43-62(99-47(5)115)77(129)106-58(37-48-23-25-50(116)26-24-48)75(127)102-53(18-11-30-94-82(87)88)69(121)100-51(16-7-9-28-85)72(124)109-60(41-114)76(128)103-54(19-12-31-95-83(89)90)70(122)101-55(20-13-32-96-84(91)92)71(123)108-59(38-49-39-93-44-98-49)80(132)113-34-15-22-64(113)81(133)112-33-14-21-63(112)78(130)105-52(17-8-10-29-86)68(120)104-56(27-35-134-6)73(125)111-66(46(3)4)79(131)107-57/h23-26,39,44-46,51-64,66,114,116H,7-22,27-38,40-43,85-86H2,1-6H3,(H,93,98)(H,97,119)(H,99,115)(H,100,121)(H,101,122)(H,102,127)(H,103,128)(H,104,120)(H,105,130)(H,106,129)(H,107,131)(H,108,123)(H,109,124)(H,110,126)(H,111,125)(H,117,118)(H4,87,88,94)(H4,89,90,95)(H4,91,92,96)/t51-,52-,53-,54-,55-,56-,57-,58-,59-,60-,61-,62-,63-,64-,66-/m0/s1. The van der Waals surface area contributed by atoms with Crippen molar-refractivity contribution in [2.75, 3.05) is 82.5 Å². The van der Waals surface area contributed by atoms with Crippen molar-refractivity contribution in [2.45, 2.75) is 254 Å². The molecule has 0 radical (unpaired) electrons. The average Bonchev–Trinajstić information content (AvgIpc) is 1.64. The van der Waals surface area contributed by atoms with E-state index in [0.29, 0.717) is 49.1 Å². The topological polar surface area (TPSA) is 834 Å². The molecule has 136 heavy (non-hydrogen) atoms. The van der Waals surface area contributed by atoms with Crippen molar-refractivity contribution in [2.24, 2.45) is 100 Å². The van der Waals surface area contributed by atoms with E-state index in [0.717, 1.165) is 28.5 Å². The third kappa shape index (κ3) is 40.5. The lowest BCUT2D eigenvalue weighted by atomic mass is 10.0. The van der Waals surface area contributed by atoms with Crippen molar-refractivity contribution in [3.8, 4) is 5.75 Å². The Bertz CT molecular complexity index is 4560. The van der Waals surface area contributed by atoms with Gasteiger partial charge in [-0.25, -0.2) is 64.9 Å². The molecule has 0 spiro atoms. The number of hydrogen-bond donors (Lipinski definition) is 29. The highest BCUT2D eigenvalue weighted by atomic mass is 33.1. The van der Waals surface area contributed by atoms with Gasteiger partial charge in [-0.1, -0.05) is 61.4 Å². The van der Waals surface area contributed by atoms with E-state index in [9.17, 15) is 91.0 Å². The number of carboxylic acid groups (broad SMARTS) is 1. The molecule has 15 atom stereocenters. The molecule has 5 rings (SSSR count). The highest BCUT2D eigenvalue weighted by Gasteiger charge is 2.44. The van der Waals surface area contributed by atoms with Crippen LogP contribution >= 0.6 is 33.3 Å². The molecule has 4 heterocycles. The summed E-state index contributed by atoms with van der Waals surface area (Å²) in [6.07, 6.45) is 5.47. The van der Waals surface area contributed by atoms with Crippen molar-refractivity contribution < 1.29 is 101 Å². The maximum absolute atomic E-state index is 15.4. The SMILES string of the molecule is CSCC[C@@H]1N=C(O)[C@H](CCCCN)N=C(O)[C@@H]2CCCN2C(=O)[C@@H]2CCCN2C(=O)[C@H](Cc2cnc[nH]2)N=C(O)[C@H](CCCNC(=N)N)N=C(O)[C@H](CCCNC(=N)N)N=C(O)[C@H](CO)N=C(O)[C@H](CCCCN)N=C(O)[C@H](CCCNC(=N)N)N=C(O)[C@H](Cc2ccc(O)cc2)N=C(O)[C@@H](NC(C)=O)CSSC[C@@H](C(=O)NCC(=O)O)N=C(O)[C@H](CC(C)C)N=C(O)[C@H](C(C)C)N=C1O. The van der Waals surface area contributed by atoms with Gasteiger partial charge in [-0.15, -0.1) is 0 Å². The molecule has 4 amide bonds. The number of carbonyl (C=O) groups excluding carboxylic acids is 4. The second-order valence-electron chi connectivity index (χ2n) is 33.3. The van der Waals surface area contributed by atoms with E-state index in [-0.39, 0.29) is 165 Å². The number of carbonyl (C=O) groups is 5. The Hall–Kier alpha value is -12.0. The predicted octanol–water partition coefficient (Wildman–Crippen LogP) is 3.38. The monoisotopic (exact) mass is 1970 g/mol. The van der Waals surface area contributed by atoms with Crippen LogP contribution in [-0.2, 0) is 36.8 Å². The van der Waals surface area contributed by atoms with Crippen molar-refractivity contribution >= 4 is 152 Å². The Morgan fingerprint density at radius 1 is 0.507 bits per heavy atom. The molecule has 3 aliphatic heterocycles. The number of aromatic hydroxyl groups is 1. The minimum atomic E-state index is -1.90. The number of aliphatic imine (C=N–C) groups is 12. The summed E-state index contributed by atoms with van der Waals surface area (Å²) in [5, 5.41) is 213. The second-order valence-corrected chi connectivity index (χ2v) is 36.8. The number of phenols is 1. The fourth-order valence-corrected chi connectivity index (χ4v) is 17.2. The van der Waals surface area contributed by atoms with Gasteiger partial charge in [-0.05, 0) is 170 Å². The van der Waals surface area contributed by atoms with Crippen LogP contribution in [0.2, 0.25) is 0 Å². The second kappa shape index (κ2) is 60.4. The van der Waals surface area contributed by atoms with Crippen LogP contribution < -0.4 is 55.3 Å². The average molecular weight is 1970 g/mol. The minimum Gasteiger partial charge on any atom is -0.508 e. The first-order valence-corrected chi connectivity index (χ1v) is 48.9. The molecule has 0 saturated carbocycles. The summed E-state index contributed by atoms with van der Waals surface area (Å²) in [4.78, 5) is 133. The summed E-state index contributed by atoms with van der Waals surface area (Å²) >= 11 is 1.37. The third-order valence-electron chi connectivity index (χ3n) is 21.5. The van der Waals surface area contributed by atoms with Gasteiger partial charge in [0.2, 0.25) is 94.4 Å². The van der Waals surface area contributed by atoms with E-state index in [4.69, 9.17) is 44.9 Å².